The molecule has 2 amide bonds. The van der Waals surface area contributed by atoms with E-state index in [1.807, 2.05) is 77.5 Å². The van der Waals surface area contributed by atoms with Gasteiger partial charge in [0.25, 0.3) is 0 Å². The number of nitrogens with zero attached hydrogens (tertiary/aromatic N) is 5. The summed E-state index contributed by atoms with van der Waals surface area (Å²) in [5.41, 5.74) is 3.10. The fraction of sp³-hybridized carbons (Fsp3) is 0.200. The molecule has 1 spiro atoms. The Hall–Kier alpha value is -5.42. The fourth-order valence-corrected chi connectivity index (χ4v) is 7.00. The third kappa shape index (κ3) is 4.00. The Labute approximate surface area is 249 Å². The molecule has 1 aromatic heterocycles. The molecule has 8 nitrogen and oxygen atoms in total. The van der Waals surface area contributed by atoms with Gasteiger partial charge in [0.15, 0.2) is 5.69 Å². The number of rotatable bonds is 5. The highest BCUT2D eigenvalue weighted by atomic mass is 16.4. The summed E-state index contributed by atoms with van der Waals surface area (Å²) in [6.07, 6.45) is 0.123. The van der Waals surface area contributed by atoms with Gasteiger partial charge in [0.1, 0.15) is 11.6 Å². The first-order valence-corrected chi connectivity index (χ1v) is 14.4. The maximum Gasteiger partial charge on any atom is 0.407 e. The van der Waals surface area contributed by atoms with E-state index < -0.39 is 17.0 Å². The second kappa shape index (κ2) is 10.1. The summed E-state index contributed by atoms with van der Waals surface area (Å²) in [5, 5.41) is 25.4. The van der Waals surface area contributed by atoms with E-state index in [1.54, 1.807) is 4.90 Å². The minimum atomic E-state index is -0.991. The first kappa shape index (κ1) is 26.5. The van der Waals surface area contributed by atoms with Crippen molar-refractivity contribution in [1.29, 1.82) is 5.26 Å². The Balaban J connectivity index is 1.41. The van der Waals surface area contributed by atoms with Gasteiger partial charge in [-0.15, -0.1) is 0 Å². The van der Waals surface area contributed by atoms with Gasteiger partial charge in [-0.1, -0.05) is 91.0 Å². The van der Waals surface area contributed by atoms with Crippen LogP contribution in [0.25, 0.3) is 10.9 Å². The Bertz CT molecular complexity index is 1780. The number of carboxylic acid groups (broad SMARTS) is 1. The van der Waals surface area contributed by atoms with Crippen LogP contribution in [0.1, 0.15) is 35.2 Å². The average Bonchev–Trinajstić information content (AvgIpc) is 3.75. The van der Waals surface area contributed by atoms with Gasteiger partial charge in [-0.3, -0.25) is 4.79 Å². The quantitative estimate of drug-likeness (QED) is 0.268. The number of anilines is 1. The number of amides is 2. The normalized spacial score (nSPS) is 18.4. The maximum atomic E-state index is 13.7. The minimum absolute atomic E-state index is 0.0614. The molecule has 1 atom stereocenters. The second-order valence-electron chi connectivity index (χ2n) is 11.3. The van der Waals surface area contributed by atoms with Crippen molar-refractivity contribution < 1.29 is 14.7 Å². The van der Waals surface area contributed by atoms with Gasteiger partial charge in [-0.25, -0.2) is 9.48 Å². The number of aromatic nitrogens is 2. The van der Waals surface area contributed by atoms with Crippen LogP contribution in [-0.2, 0) is 10.3 Å². The van der Waals surface area contributed by atoms with Crippen molar-refractivity contribution in [3.8, 4) is 6.07 Å². The molecule has 0 bridgehead atoms. The van der Waals surface area contributed by atoms with Crippen LogP contribution in [0, 0.1) is 16.7 Å². The molecule has 212 valence electrons. The number of hydrogen-bond acceptors (Lipinski definition) is 4. The topological polar surface area (TPSA) is 102 Å². The molecule has 7 rings (SSSR count). The lowest BCUT2D eigenvalue weighted by Gasteiger charge is -2.37. The molecule has 1 N–H and O–H groups in total. The molecule has 1 unspecified atom stereocenters. The van der Waals surface area contributed by atoms with Crippen molar-refractivity contribution in [2.45, 2.75) is 18.4 Å². The molecular weight excluding hydrogens is 538 g/mol. The first-order chi connectivity index (χ1) is 21.0. The lowest BCUT2D eigenvalue weighted by molar-refractivity contribution is -0.124. The van der Waals surface area contributed by atoms with E-state index in [9.17, 15) is 20.0 Å². The zero-order valence-electron chi connectivity index (χ0n) is 23.4. The van der Waals surface area contributed by atoms with Gasteiger partial charge >= 0.3 is 6.09 Å². The minimum Gasteiger partial charge on any atom is -0.465 e. The highest BCUT2D eigenvalue weighted by molar-refractivity contribution is 6.02. The monoisotopic (exact) mass is 567 g/mol. The lowest BCUT2D eigenvalue weighted by Crippen LogP contribution is -2.38. The van der Waals surface area contributed by atoms with Gasteiger partial charge in [-0.2, -0.15) is 10.4 Å². The molecular formula is C35H29N5O3. The Morgan fingerprint density at radius 2 is 1.40 bits per heavy atom. The van der Waals surface area contributed by atoms with E-state index in [4.69, 9.17) is 5.10 Å². The number of fused-ring (bicyclic) bond motifs is 1. The number of benzene rings is 4. The van der Waals surface area contributed by atoms with Crippen molar-refractivity contribution >= 4 is 28.6 Å². The van der Waals surface area contributed by atoms with E-state index in [-0.39, 0.29) is 18.1 Å². The van der Waals surface area contributed by atoms with Gasteiger partial charge in [0, 0.05) is 30.7 Å². The summed E-state index contributed by atoms with van der Waals surface area (Å²) in [6.45, 7) is 1.07. The highest BCUT2D eigenvalue weighted by Gasteiger charge is 2.52. The van der Waals surface area contributed by atoms with Gasteiger partial charge < -0.3 is 14.9 Å². The highest BCUT2D eigenvalue weighted by Crippen LogP contribution is 2.45. The lowest BCUT2D eigenvalue weighted by atomic mass is 9.77. The third-order valence-corrected chi connectivity index (χ3v) is 9.11. The molecule has 5 aromatic rings. The summed E-state index contributed by atoms with van der Waals surface area (Å²) in [6, 6.07) is 38.5. The number of likely N-dealkylation sites (tertiary alicyclic amines) is 1. The molecule has 2 aliphatic heterocycles. The molecule has 8 heteroatoms. The fourth-order valence-electron chi connectivity index (χ4n) is 7.00. The number of hydrogen-bond donors (Lipinski definition) is 1. The molecule has 3 heterocycles. The van der Waals surface area contributed by atoms with Gasteiger partial charge in [0.05, 0.1) is 10.9 Å². The van der Waals surface area contributed by atoms with Crippen molar-refractivity contribution in [2.75, 3.05) is 24.5 Å². The molecule has 0 radical (unpaired) electrons. The van der Waals surface area contributed by atoms with E-state index in [0.717, 1.165) is 22.2 Å². The molecule has 43 heavy (non-hydrogen) atoms. The summed E-state index contributed by atoms with van der Waals surface area (Å²) in [4.78, 5) is 28.4. The molecule has 0 aliphatic carbocycles. The summed E-state index contributed by atoms with van der Waals surface area (Å²) in [5.74, 6) is -0.0614. The van der Waals surface area contributed by atoms with E-state index in [0.29, 0.717) is 37.0 Å². The SMILES string of the molecule is N#Cc1nn(C(c2ccccc2)(c2ccccc2)c2ccccc2)c2ccc(N3CCC4(CCN(C(=O)O)C4)C3=O)cc12. The van der Waals surface area contributed by atoms with Crippen molar-refractivity contribution in [3.05, 3.63) is 132 Å². The van der Waals surface area contributed by atoms with Crippen LogP contribution in [0.5, 0.6) is 0 Å². The zero-order valence-corrected chi connectivity index (χ0v) is 23.4. The van der Waals surface area contributed by atoms with Crippen LogP contribution in [0.3, 0.4) is 0 Å². The molecule has 2 fully saturated rings. The molecule has 0 saturated carbocycles. The summed E-state index contributed by atoms with van der Waals surface area (Å²) < 4.78 is 1.94. The molecule has 2 aliphatic rings. The van der Waals surface area contributed by atoms with Crippen molar-refractivity contribution in [1.82, 2.24) is 14.7 Å². The van der Waals surface area contributed by atoms with E-state index in [2.05, 4.69) is 42.5 Å². The Kier molecular flexibility index (Phi) is 6.24. The average molecular weight is 568 g/mol. The van der Waals surface area contributed by atoms with E-state index in [1.165, 1.54) is 4.90 Å². The van der Waals surface area contributed by atoms with Crippen LogP contribution in [-0.4, -0.2) is 51.4 Å². The number of nitriles is 1. The predicted octanol–water partition coefficient (Wildman–Crippen LogP) is 5.85. The Morgan fingerprint density at radius 3 is 1.91 bits per heavy atom. The number of carbonyl (C=O) groups excluding carboxylic acids is 1. The third-order valence-electron chi connectivity index (χ3n) is 9.11. The van der Waals surface area contributed by atoms with Gasteiger partial charge in [0.2, 0.25) is 5.91 Å². The molecule has 2 saturated heterocycles. The predicted molar refractivity (Wildman–Crippen MR) is 163 cm³/mol. The first-order valence-electron chi connectivity index (χ1n) is 14.4. The Morgan fingerprint density at radius 1 is 0.837 bits per heavy atom. The molecule has 4 aromatic carbocycles. The van der Waals surface area contributed by atoms with Crippen LogP contribution in [0.4, 0.5) is 10.5 Å². The van der Waals surface area contributed by atoms with Crippen LogP contribution in [0.15, 0.2) is 109 Å². The summed E-state index contributed by atoms with van der Waals surface area (Å²) in [7, 11) is 0. The zero-order chi connectivity index (χ0) is 29.6. The smallest absolute Gasteiger partial charge is 0.407 e. The van der Waals surface area contributed by atoms with Crippen LogP contribution < -0.4 is 4.90 Å². The largest absolute Gasteiger partial charge is 0.465 e. The second-order valence-corrected chi connectivity index (χ2v) is 11.3. The maximum absolute atomic E-state index is 13.7. The summed E-state index contributed by atoms with van der Waals surface area (Å²) >= 11 is 0. The standard InChI is InChI=1S/C35H29N5O3/c36-23-30-29-22-28(39-21-19-34(32(39)41)18-20-38(24-34)33(42)43)16-17-31(29)40(37-30)35(25-10-4-1-5-11-25,26-12-6-2-7-13-26)27-14-8-3-9-15-27/h1-17,22H,18-21,24H2,(H,42,43). The van der Waals surface area contributed by atoms with Gasteiger partial charge in [-0.05, 0) is 47.7 Å². The van der Waals surface area contributed by atoms with E-state index >= 15 is 0 Å². The van der Waals surface area contributed by atoms with Crippen LogP contribution in [0.2, 0.25) is 0 Å². The van der Waals surface area contributed by atoms with Crippen molar-refractivity contribution in [3.63, 3.8) is 0 Å². The van der Waals surface area contributed by atoms with Crippen LogP contribution >= 0.6 is 0 Å². The van der Waals surface area contributed by atoms with Crippen molar-refractivity contribution in [2.24, 2.45) is 5.41 Å². The number of carbonyl (C=O) groups is 2.